The lowest BCUT2D eigenvalue weighted by Gasteiger charge is -2.32. The number of rotatable bonds is 2. The van der Waals surface area contributed by atoms with Crippen LogP contribution in [0.5, 0.6) is 0 Å². The summed E-state index contributed by atoms with van der Waals surface area (Å²) in [5, 5.41) is 8.95. The van der Waals surface area contributed by atoms with E-state index in [0.717, 1.165) is 35.0 Å². The molecule has 5 nitrogen and oxygen atoms in total. The van der Waals surface area contributed by atoms with Crippen molar-refractivity contribution in [3.63, 3.8) is 0 Å². The first-order chi connectivity index (χ1) is 10.0. The van der Waals surface area contributed by atoms with Crippen molar-refractivity contribution >= 4 is 27.9 Å². The van der Waals surface area contributed by atoms with Gasteiger partial charge in [0.15, 0.2) is 0 Å². The molecule has 0 atom stereocenters. The SMILES string of the molecule is O=C(O)N1CCC(CN2Cc3ccc(Br)cc3C2=O)CC1. The molecule has 0 spiro atoms. The Morgan fingerprint density at radius 2 is 2.05 bits per heavy atom. The number of carbonyl (C=O) groups excluding carboxylic acids is 1. The molecule has 1 aromatic carbocycles. The minimum atomic E-state index is -0.844. The molecule has 2 aliphatic heterocycles. The smallest absolute Gasteiger partial charge is 0.407 e. The number of likely N-dealkylation sites (tertiary alicyclic amines) is 1. The molecule has 0 radical (unpaired) electrons. The van der Waals surface area contributed by atoms with Gasteiger partial charge in [0.05, 0.1) is 0 Å². The van der Waals surface area contributed by atoms with Crippen LogP contribution in [0.25, 0.3) is 0 Å². The summed E-state index contributed by atoms with van der Waals surface area (Å²) in [7, 11) is 0. The topological polar surface area (TPSA) is 60.9 Å². The van der Waals surface area contributed by atoms with Crippen LogP contribution in [0.2, 0.25) is 0 Å². The third kappa shape index (κ3) is 2.90. The van der Waals surface area contributed by atoms with Crippen LogP contribution < -0.4 is 0 Å². The van der Waals surface area contributed by atoms with Crippen molar-refractivity contribution in [3.8, 4) is 0 Å². The summed E-state index contributed by atoms with van der Waals surface area (Å²) < 4.78 is 0.922. The quantitative estimate of drug-likeness (QED) is 0.890. The van der Waals surface area contributed by atoms with Crippen LogP contribution in [0, 0.1) is 5.92 Å². The molecule has 1 N–H and O–H groups in total. The predicted octanol–water partition coefficient (Wildman–Crippen LogP) is 2.79. The molecule has 0 saturated carbocycles. The molecule has 21 heavy (non-hydrogen) atoms. The zero-order valence-electron chi connectivity index (χ0n) is 11.6. The number of carbonyl (C=O) groups is 2. The number of hydrogen-bond acceptors (Lipinski definition) is 2. The molecular weight excluding hydrogens is 336 g/mol. The molecule has 3 rings (SSSR count). The summed E-state index contributed by atoms with van der Waals surface area (Å²) >= 11 is 3.40. The van der Waals surface area contributed by atoms with Crippen molar-refractivity contribution in [1.82, 2.24) is 9.80 Å². The van der Waals surface area contributed by atoms with Crippen molar-refractivity contribution < 1.29 is 14.7 Å². The highest BCUT2D eigenvalue weighted by Crippen LogP contribution is 2.28. The Balaban J connectivity index is 1.61. The van der Waals surface area contributed by atoms with E-state index in [9.17, 15) is 9.59 Å². The second-order valence-corrected chi connectivity index (χ2v) is 6.62. The molecule has 1 saturated heterocycles. The average molecular weight is 353 g/mol. The number of nitrogens with zero attached hydrogens (tertiary/aromatic N) is 2. The van der Waals surface area contributed by atoms with Crippen LogP contribution >= 0.6 is 15.9 Å². The van der Waals surface area contributed by atoms with E-state index < -0.39 is 6.09 Å². The number of carboxylic acid groups (broad SMARTS) is 1. The van der Waals surface area contributed by atoms with Gasteiger partial charge in [0, 0.05) is 36.2 Å². The fraction of sp³-hybridized carbons (Fsp3) is 0.467. The van der Waals surface area contributed by atoms with Gasteiger partial charge >= 0.3 is 6.09 Å². The summed E-state index contributed by atoms with van der Waals surface area (Å²) in [6.45, 7) is 2.53. The molecule has 1 fully saturated rings. The van der Waals surface area contributed by atoms with Crippen LogP contribution in [0.4, 0.5) is 4.79 Å². The number of halogens is 1. The monoisotopic (exact) mass is 352 g/mol. The molecule has 2 aliphatic rings. The van der Waals surface area contributed by atoms with Crippen LogP contribution in [-0.2, 0) is 6.54 Å². The van der Waals surface area contributed by atoms with Gasteiger partial charge < -0.3 is 14.9 Å². The summed E-state index contributed by atoms with van der Waals surface area (Å²) in [4.78, 5) is 26.6. The van der Waals surface area contributed by atoms with E-state index in [1.165, 1.54) is 4.90 Å². The van der Waals surface area contributed by atoms with E-state index in [4.69, 9.17) is 5.11 Å². The third-order valence-corrected chi connectivity index (χ3v) is 4.81. The van der Waals surface area contributed by atoms with E-state index in [-0.39, 0.29) is 5.91 Å². The molecule has 0 unspecified atom stereocenters. The molecule has 2 heterocycles. The molecule has 112 valence electrons. The van der Waals surface area contributed by atoms with Crippen molar-refractivity contribution in [2.45, 2.75) is 19.4 Å². The molecule has 0 aliphatic carbocycles. The lowest BCUT2D eigenvalue weighted by Crippen LogP contribution is -2.41. The lowest BCUT2D eigenvalue weighted by atomic mass is 9.96. The highest BCUT2D eigenvalue weighted by atomic mass is 79.9. The van der Waals surface area contributed by atoms with Crippen molar-refractivity contribution in [3.05, 3.63) is 33.8 Å². The minimum absolute atomic E-state index is 0.0898. The maximum atomic E-state index is 12.4. The Morgan fingerprint density at radius 1 is 1.33 bits per heavy atom. The predicted molar refractivity (Wildman–Crippen MR) is 81.2 cm³/mol. The molecule has 0 aromatic heterocycles. The van der Waals surface area contributed by atoms with Crippen LogP contribution in [-0.4, -0.2) is 46.5 Å². The molecule has 6 heteroatoms. The zero-order chi connectivity index (χ0) is 15.0. The van der Waals surface area contributed by atoms with Crippen molar-refractivity contribution in [2.24, 2.45) is 5.92 Å². The first kappa shape index (κ1) is 14.4. The second kappa shape index (κ2) is 5.67. The maximum absolute atomic E-state index is 12.4. The Labute approximate surface area is 131 Å². The average Bonchev–Trinajstić information content (AvgIpc) is 2.76. The van der Waals surface area contributed by atoms with E-state index in [2.05, 4.69) is 15.9 Å². The Morgan fingerprint density at radius 3 is 2.71 bits per heavy atom. The Bertz CT molecular complexity index is 582. The lowest BCUT2D eigenvalue weighted by molar-refractivity contribution is 0.0707. The van der Waals surface area contributed by atoms with Gasteiger partial charge in [-0.05, 0) is 36.5 Å². The molecule has 2 amide bonds. The molecule has 0 bridgehead atoms. The van der Waals surface area contributed by atoms with Gasteiger partial charge in [-0.15, -0.1) is 0 Å². The fourth-order valence-electron chi connectivity index (χ4n) is 3.10. The summed E-state index contributed by atoms with van der Waals surface area (Å²) in [6.07, 6.45) is 0.814. The molecule has 1 aromatic rings. The Hall–Kier alpha value is -1.56. The van der Waals surface area contributed by atoms with Crippen molar-refractivity contribution in [2.75, 3.05) is 19.6 Å². The number of fused-ring (bicyclic) bond motifs is 1. The van der Waals surface area contributed by atoms with E-state index in [1.807, 2.05) is 23.1 Å². The van der Waals surface area contributed by atoms with Gasteiger partial charge in [0.25, 0.3) is 5.91 Å². The Kier molecular flexibility index (Phi) is 3.89. The first-order valence-electron chi connectivity index (χ1n) is 7.10. The third-order valence-electron chi connectivity index (χ3n) is 4.31. The molecular formula is C15H17BrN2O3. The van der Waals surface area contributed by atoms with Gasteiger partial charge in [0.1, 0.15) is 0 Å². The van der Waals surface area contributed by atoms with E-state index in [0.29, 0.717) is 25.6 Å². The summed E-state index contributed by atoms with van der Waals surface area (Å²) in [6, 6.07) is 5.83. The fourth-order valence-corrected chi connectivity index (χ4v) is 3.46. The van der Waals surface area contributed by atoms with Gasteiger partial charge in [-0.25, -0.2) is 4.79 Å². The van der Waals surface area contributed by atoms with Crippen molar-refractivity contribution in [1.29, 1.82) is 0 Å². The van der Waals surface area contributed by atoms with Crippen LogP contribution in [0.15, 0.2) is 22.7 Å². The normalized spacial score (nSPS) is 19.0. The summed E-state index contributed by atoms with van der Waals surface area (Å²) in [5.41, 5.74) is 1.86. The summed E-state index contributed by atoms with van der Waals surface area (Å²) in [5.74, 6) is 0.481. The van der Waals surface area contributed by atoms with E-state index >= 15 is 0 Å². The standard InChI is InChI=1S/C15H17BrN2O3/c16-12-2-1-11-9-18(14(19)13(11)7-12)8-10-3-5-17(6-4-10)15(20)21/h1-2,7,10H,3-6,8-9H2,(H,20,21). The van der Waals surface area contributed by atoms with Crippen LogP contribution in [0.1, 0.15) is 28.8 Å². The second-order valence-electron chi connectivity index (χ2n) is 5.70. The van der Waals surface area contributed by atoms with Gasteiger partial charge in [-0.2, -0.15) is 0 Å². The first-order valence-corrected chi connectivity index (χ1v) is 7.89. The largest absolute Gasteiger partial charge is 0.465 e. The van der Waals surface area contributed by atoms with Gasteiger partial charge in [-0.1, -0.05) is 22.0 Å². The highest BCUT2D eigenvalue weighted by molar-refractivity contribution is 9.10. The van der Waals surface area contributed by atoms with Gasteiger partial charge in [0.2, 0.25) is 0 Å². The number of amides is 2. The van der Waals surface area contributed by atoms with Crippen LogP contribution in [0.3, 0.4) is 0 Å². The highest BCUT2D eigenvalue weighted by Gasteiger charge is 2.31. The van der Waals surface area contributed by atoms with Gasteiger partial charge in [-0.3, -0.25) is 4.79 Å². The zero-order valence-corrected chi connectivity index (χ0v) is 13.2. The van der Waals surface area contributed by atoms with E-state index in [1.54, 1.807) is 0 Å². The minimum Gasteiger partial charge on any atom is -0.465 e. The number of piperidine rings is 1. The maximum Gasteiger partial charge on any atom is 0.407 e. The number of benzene rings is 1. The number of hydrogen-bond donors (Lipinski definition) is 1.